The number of nitrogens with two attached hydrogens (primary N) is 1. The van der Waals surface area contributed by atoms with Crippen LogP contribution in [0.15, 0.2) is 53.1 Å². The molecule has 18 heavy (non-hydrogen) atoms. The topological polar surface area (TPSA) is 52.0 Å². The molecule has 1 heterocycles. The molecule has 0 saturated carbocycles. The molecule has 0 spiro atoms. The Balaban J connectivity index is 2.16. The molecule has 1 aromatic heterocycles. The summed E-state index contributed by atoms with van der Waals surface area (Å²) in [6.45, 7) is 1.95. The Labute approximate surface area is 105 Å². The maximum atomic E-state index is 5.86. The lowest BCUT2D eigenvalue weighted by molar-refractivity contribution is 0.459. The first-order valence-corrected chi connectivity index (χ1v) is 5.96. The highest BCUT2D eigenvalue weighted by molar-refractivity contribution is 5.91. The summed E-state index contributed by atoms with van der Waals surface area (Å²) in [5.74, 6) is 0. The molecule has 1 atom stereocenters. The average Bonchev–Trinajstić information content (AvgIpc) is 2.82. The van der Waals surface area contributed by atoms with Crippen LogP contribution in [0.3, 0.4) is 0 Å². The van der Waals surface area contributed by atoms with Gasteiger partial charge in [0.15, 0.2) is 5.58 Å². The molecule has 0 radical (unpaired) electrons. The van der Waals surface area contributed by atoms with E-state index in [-0.39, 0.29) is 6.04 Å². The van der Waals surface area contributed by atoms with Crippen LogP contribution >= 0.6 is 0 Å². The van der Waals surface area contributed by atoms with Gasteiger partial charge < -0.3 is 10.3 Å². The zero-order chi connectivity index (χ0) is 12.5. The van der Waals surface area contributed by atoms with E-state index in [4.69, 9.17) is 10.3 Å². The number of benzene rings is 2. The van der Waals surface area contributed by atoms with Crippen LogP contribution in [0.2, 0.25) is 0 Å². The molecular formula is C15H14N2O. The van der Waals surface area contributed by atoms with E-state index >= 15 is 0 Å². The fourth-order valence-electron chi connectivity index (χ4n) is 2.04. The van der Waals surface area contributed by atoms with Gasteiger partial charge in [-0.3, -0.25) is 0 Å². The summed E-state index contributed by atoms with van der Waals surface area (Å²) in [7, 11) is 0. The molecule has 3 nitrogen and oxygen atoms in total. The van der Waals surface area contributed by atoms with E-state index in [0.717, 1.165) is 27.8 Å². The highest BCUT2D eigenvalue weighted by Gasteiger charge is 2.11. The quantitative estimate of drug-likeness (QED) is 0.743. The van der Waals surface area contributed by atoms with Crippen LogP contribution in [0, 0.1) is 0 Å². The molecule has 0 amide bonds. The largest absolute Gasteiger partial charge is 0.356 e. The van der Waals surface area contributed by atoms with Crippen LogP contribution in [0.4, 0.5) is 0 Å². The van der Waals surface area contributed by atoms with E-state index < -0.39 is 0 Å². The van der Waals surface area contributed by atoms with E-state index in [1.165, 1.54) is 0 Å². The number of hydrogen-bond acceptors (Lipinski definition) is 3. The van der Waals surface area contributed by atoms with Gasteiger partial charge in [-0.1, -0.05) is 41.6 Å². The van der Waals surface area contributed by atoms with E-state index in [1.54, 1.807) is 0 Å². The molecule has 0 aliphatic rings. The Kier molecular flexibility index (Phi) is 2.61. The molecule has 3 rings (SSSR count). The molecule has 0 aliphatic heterocycles. The molecule has 90 valence electrons. The van der Waals surface area contributed by atoms with Gasteiger partial charge in [-0.2, -0.15) is 0 Å². The Morgan fingerprint density at radius 2 is 1.89 bits per heavy atom. The van der Waals surface area contributed by atoms with Crippen LogP contribution in [-0.2, 0) is 0 Å². The van der Waals surface area contributed by atoms with Gasteiger partial charge in [0.2, 0.25) is 0 Å². The first kappa shape index (κ1) is 11.0. The van der Waals surface area contributed by atoms with Crippen molar-refractivity contribution in [1.82, 2.24) is 5.16 Å². The van der Waals surface area contributed by atoms with Crippen molar-refractivity contribution >= 4 is 11.0 Å². The SMILES string of the molecule is CC(N)c1ccc2c(-c3ccccc3)noc2c1. The third-order valence-electron chi connectivity index (χ3n) is 3.07. The monoisotopic (exact) mass is 238 g/mol. The van der Waals surface area contributed by atoms with Gasteiger partial charge in [0, 0.05) is 17.0 Å². The van der Waals surface area contributed by atoms with Crippen molar-refractivity contribution in [2.75, 3.05) is 0 Å². The summed E-state index contributed by atoms with van der Waals surface area (Å²) in [5.41, 5.74) is 9.63. The third kappa shape index (κ3) is 1.79. The average molecular weight is 238 g/mol. The van der Waals surface area contributed by atoms with Gasteiger partial charge >= 0.3 is 0 Å². The molecule has 2 aromatic carbocycles. The van der Waals surface area contributed by atoms with Crippen molar-refractivity contribution < 1.29 is 4.52 Å². The van der Waals surface area contributed by atoms with Gasteiger partial charge in [0.25, 0.3) is 0 Å². The molecule has 3 heteroatoms. The lowest BCUT2D eigenvalue weighted by atomic mass is 10.0. The Morgan fingerprint density at radius 1 is 1.11 bits per heavy atom. The van der Waals surface area contributed by atoms with Gasteiger partial charge in [-0.05, 0) is 24.6 Å². The molecule has 1 unspecified atom stereocenters. The molecule has 0 bridgehead atoms. The lowest BCUT2D eigenvalue weighted by Crippen LogP contribution is -2.04. The van der Waals surface area contributed by atoms with Crippen LogP contribution < -0.4 is 5.73 Å². The predicted molar refractivity (Wildman–Crippen MR) is 72.0 cm³/mol. The molecule has 2 N–H and O–H groups in total. The second-order valence-corrected chi connectivity index (χ2v) is 4.44. The summed E-state index contributed by atoms with van der Waals surface area (Å²) in [5, 5.41) is 5.17. The highest BCUT2D eigenvalue weighted by Crippen LogP contribution is 2.29. The molecule has 0 saturated heterocycles. The molecule has 0 aliphatic carbocycles. The summed E-state index contributed by atoms with van der Waals surface area (Å²) >= 11 is 0. The van der Waals surface area contributed by atoms with Gasteiger partial charge in [0.1, 0.15) is 5.69 Å². The number of aromatic nitrogens is 1. The number of nitrogens with zero attached hydrogens (tertiary/aromatic N) is 1. The van der Waals surface area contributed by atoms with E-state index in [9.17, 15) is 0 Å². The van der Waals surface area contributed by atoms with Crippen molar-refractivity contribution in [3.8, 4) is 11.3 Å². The Morgan fingerprint density at radius 3 is 2.61 bits per heavy atom. The zero-order valence-corrected chi connectivity index (χ0v) is 10.1. The first-order valence-electron chi connectivity index (χ1n) is 5.96. The third-order valence-corrected chi connectivity index (χ3v) is 3.07. The van der Waals surface area contributed by atoms with Crippen molar-refractivity contribution in [3.05, 3.63) is 54.1 Å². The zero-order valence-electron chi connectivity index (χ0n) is 10.1. The van der Waals surface area contributed by atoms with Crippen molar-refractivity contribution in [2.45, 2.75) is 13.0 Å². The minimum absolute atomic E-state index is 0.000301. The second kappa shape index (κ2) is 4.27. The molecule has 3 aromatic rings. The van der Waals surface area contributed by atoms with Gasteiger partial charge in [0.05, 0.1) is 0 Å². The van der Waals surface area contributed by atoms with Crippen molar-refractivity contribution in [3.63, 3.8) is 0 Å². The minimum Gasteiger partial charge on any atom is -0.356 e. The highest BCUT2D eigenvalue weighted by atomic mass is 16.5. The smallest absolute Gasteiger partial charge is 0.167 e. The van der Waals surface area contributed by atoms with Crippen LogP contribution in [0.25, 0.3) is 22.2 Å². The fraction of sp³-hybridized carbons (Fsp3) is 0.133. The summed E-state index contributed by atoms with van der Waals surface area (Å²) in [4.78, 5) is 0. The van der Waals surface area contributed by atoms with Crippen LogP contribution in [-0.4, -0.2) is 5.16 Å². The van der Waals surface area contributed by atoms with E-state index in [2.05, 4.69) is 5.16 Å². The molecule has 0 fully saturated rings. The number of rotatable bonds is 2. The number of fused-ring (bicyclic) bond motifs is 1. The normalized spacial score (nSPS) is 12.8. The van der Waals surface area contributed by atoms with E-state index in [1.807, 2.05) is 55.5 Å². The van der Waals surface area contributed by atoms with Gasteiger partial charge in [-0.15, -0.1) is 0 Å². The Hall–Kier alpha value is -2.13. The summed E-state index contributed by atoms with van der Waals surface area (Å²) in [6.07, 6.45) is 0. The molecular weight excluding hydrogens is 224 g/mol. The lowest BCUT2D eigenvalue weighted by Gasteiger charge is -2.03. The summed E-state index contributed by atoms with van der Waals surface area (Å²) < 4.78 is 5.39. The maximum Gasteiger partial charge on any atom is 0.167 e. The standard InChI is InChI=1S/C15H14N2O/c1-10(16)12-7-8-13-14(9-12)18-17-15(13)11-5-3-2-4-6-11/h2-10H,16H2,1H3. The van der Waals surface area contributed by atoms with Crippen molar-refractivity contribution in [2.24, 2.45) is 5.73 Å². The fourth-order valence-corrected chi connectivity index (χ4v) is 2.04. The van der Waals surface area contributed by atoms with Crippen molar-refractivity contribution in [1.29, 1.82) is 0 Å². The second-order valence-electron chi connectivity index (χ2n) is 4.44. The minimum atomic E-state index is -0.000301. The van der Waals surface area contributed by atoms with Crippen LogP contribution in [0.1, 0.15) is 18.5 Å². The predicted octanol–water partition coefficient (Wildman–Crippen LogP) is 3.51. The van der Waals surface area contributed by atoms with E-state index in [0.29, 0.717) is 0 Å². The van der Waals surface area contributed by atoms with Gasteiger partial charge in [-0.25, -0.2) is 0 Å². The maximum absolute atomic E-state index is 5.86. The Bertz CT molecular complexity index is 671. The number of hydrogen-bond donors (Lipinski definition) is 1. The first-order chi connectivity index (χ1) is 8.75. The summed E-state index contributed by atoms with van der Waals surface area (Å²) in [6, 6.07) is 16.0. The van der Waals surface area contributed by atoms with Crippen LogP contribution in [0.5, 0.6) is 0 Å².